The van der Waals surface area contributed by atoms with Gasteiger partial charge in [0, 0.05) is 23.4 Å². The van der Waals surface area contributed by atoms with E-state index in [2.05, 4.69) is 10.3 Å². The zero-order chi connectivity index (χ0) is 21.8. The van der Waals surface area contributed by atoms with Crippen molar-refractivity contribution in [3.05, 3.63) is 72.3 Å². The number of oxazole rings is 1. The Morgan fingerprint density at radius 2 is 1.90 bits per heavy atom. The van der Waals surface area contributed by atoms with Crippen molar-refractivity contribution < 1.29 is 18.7 Å². The number of methoxy groups -OCH3 is 1. The highest BCUT2D eigenvalue weighted by atomic mass is 16.5. The minimum atomic E-state index is -0.699. The molecule has 0 aliphatic rings. The number of carbonyl (C=O) groups is 1. The lowest BCUT2D eigenvalue weighted by atomic mass is 10.2. The molecule has 0 radical (unpaired) electrons. The molecule has 0 spiro atoms. The number of rotatable bonds is 7. The number of carbonyl (C=O) groups excluding carboxylic acids is 1. The summed E-state index contributed by atoms with van der Waals surface area (Å²) in [5.41, 5.74) is 9.30. The number of anilines is 1. The highest BCUT2D eigenvalue weighted by Crippen LogP contribution is 2.27. The Morgan fingerprint density at radius 1 is 1.13 bits per heavy atom. The normalized spacial score (nSPS) is 11.8. The number of fused-ring (bicyclic) bond motifs is 1. The lowest BCUT2D eigenvalue weighted by molar-refractivity contribution is -0.122. The van der Waals surface area contributed by atoms with Crippen molar-refractivity contribution in [3.63, 3.8) is 0 Å². The second-order valence-electron chi connectivity index (χ2n) is 6.99. The molecule has 7 nitrogen and oxygen atoms in total. The molecule has 1 aromatic heterocycles. The molecule has 3 aromatic carbocycles. The zero-order valence-corrected chi connectivity index (χ0v) is 17.3. The van der Waals surface area contributed by atoms with Crippen molar-refractivity contribution in [2.75, 3.05) is 12.4 Å². The van der Waals surface area contributed by atoms with Crippen molar-refractivity contribution in [1.82, 2.24) is 4.98 Å². The molecule has 0 saturated heterocycles. The Labute approximate surface area is 179 Å². The molecule has 0 fully saturated rings. The van der Waals surface area contributed by atoms with Crippen LogP contribution in [0.4, 0.5) is 5.69 Å². The van der Waals surface area contributed by atoms with Crippen LogP contribution in [0.25, 0.3) is 22.6 Å². The second kappa shape index (κ2) is 8.89. The van der Waals surface area contributed by atoms with Gasteiger partial charge in [-0.1, -0.05) is 18.2 Å². The van der Waals surface area contributed by atoms with Crippen molar-refractivity contribution in [3.8, 4) is 23.0 Å². The number of aromatic nitrogens is 1. The molecule has 4 rings (SSSR count). The van der Waals surface area contributed by atoms with E-state index in [0.717, 1.165) is 16.9 Å². The molecule has 0 aliphatic heterocycles. The van der Waals surface area contributed by atoms with Crippen LogP contribution in [0.1, 0.15) is 12.5 Å². The average Bonchev–Trinajstić information content (AvgIpc) is 3.23. The first-order valence-electron chi connectivity index (χ1n) is 9.88. The topological polar surface area (TPSA) is 99.6 Å². The fourth-order valence-corrected chi connectivity index (χ4v) is 3.14. The van der Waals surface area contributed by atoms with Gasteiger partial charge >= 0.3 is 0 Å². The lowest BCUT2D eigenvalue weighted by Crippen LogP contribution is -2.30. The van der Waals surface area contributed by atoms with E-state index in [0.29, 0.717) is 35.0 Å². The third kappa shape index (κ3) is 4.51. The molecule has 0 aliphatic carbocycles. The van der Waals surface area contributed by atoms with Crippen LogP contribution in [0.15, 0.2) is 71.1 Å². The number of para-hydroxylation sites is 1. The van der Waals surface area contributed by atoms with Crippen LogP contribution in [0.5, 0.6) is 11.5 Å². The van der Waals surface area contributed by atoms with E-state index in [1.54, 1.807) is 38.3 Å². The lowest BCUT2D eigenvalue weighted by Gasteiger charge is -2.16. The number of hydrogen-bond donors (Lipinski definition) is 2. The third-order valence-electron chi connectivity index (χ3n) is 4.86. The largest absolute Gasteiger partial charge is 0.497 e. The minimum absolute atomic E-state index is 0.273. The van der Waals surface area contributed by atoms with Gasteiger partial charge in [0.2, 0.25) is 5.89 Å². The van der Waals surface area contributed by atoms with E-state index in [1.807, 2.05) is 42.5 Å². The monoisotopic (exact) mass is 417 g/mol. The van der Waals surface area contributed by atoms with Crippen LogP contribution in [0.2, 0.25) is 0 Å². The van der Waals surface area contributed by atoms with Crippen LogP contribution in [-0.4, -0.2) is 24.1 Å². The Hall–Kier alpha value is -3.84. The maximum atomic E-state index is 12.6. The summed E-state index contributed by atoms with van der Waals surface area (Å²) in [5, 5.41) is 2.86. The predicted octanol–water partition coefficient (Wildman–Crippen LogP) is 4.37. The molecule has 4 aromatic rings. The van der Waals surface area contributed by atoms with E-state index in [4.69, 9.17) is 19.6 Å². The van der Waals surface area contributed by atoms with Gasteiger partial charge in [0.15, 0.2) is 11.7 Å². The first-order chi connectivity index (χ1) is 15.1. The average molecular weight is 417 g/mol. The number of benzene rings is 3. The molecule has 1 amide bonds. The van der Waals surface area contributed by atoms with Crippen LogP contribution >= 0.6 is 0 Å². The van der Waals surface area contributed by atoms with Gasteiger partial charge in [-0.15, -0.1) is 0 Å². The number of hydrogen-bond acceptors (Lipinski definition) is 6. The molecule has 1 heterocycles. The smallest absolute Gasteiger partial charge is 0.265 e. The van der Waals surface area contributed by atoms with Gasteiger partial charge in [-0.25, -0.2) is 4.98 Å². The first kappa shape index (κ1) is 20.4. The summed E-state index contributed by atoms with van der Waals surface area (Å²) in [6.07, 6.45) is -0.699. The maximum absolute atomic E-state index is 12.6. The third-order valence-corrected chi connectivity index (χ3v) is 4.86. The molecule has 0 bridgehead atoms. The van der Waals surface area contributed by atoms with Crippen molar-refractivity contribution in [2.45, 2.75) is 19.6 Å². The highest BCUT2D eigenvalue weighted by Gasteiger charge is 2.17. The standard InChI is InChI=1S/C24H23N3O4/c1-15(30-21-6-4-3-5-17(21)14-25)23(28)26-18-9-12-22-20(13-18)27-24(31-22)16-7-10-19(29-2)11-8-16/h3-13,15H,14,25H2,1-2H3,(H,26,28)/t15-/m0/s1. The van der Waals surface area contributed by atoms with Crippen LogP contribution in [-0.2, 0) is 11.3 Å². The van der Waals surface area contributed by atoms with Gasteiger partial charge in [0.1, 0.15) is 17.0 Å². The Kier molecular flexibility index (Phi) is 5.86. The van der Waals surface area contributed by atoms with Gasteiger partial charge < -0.3 is 24.9 Å². The van der Waals surface area contributed by atoms with E-state index in [-0.39, 0.29) is 5.91 Å². The Morgan fingerprint density at radius 3 is 2.65 bits per heavy atom. The summed E-state index contributed by atoms with van der Waals surface area (Å²) in [5.74, 6) is 1.58. The van der Waals surface area contributed by atoms with Crippen LogP contribution < -0.4 is 20.5 Å². The predicted molar refractivity (Wildman–Crippen MR) is 119 cm³/mol. The molecule has 7 heteroatoms. The summed E-state index contributed by atoms with van der Waals surface area (Å²) < 4.78 is 16.8. The fraction of sp³-hybridized carbons (Fsp3) is 0.167. The first-order valence-corrected chi connectivity index (χ1v) is 9.88. The quantitative estimate of drug-likeness (QED) is 0.463. The summed E-state index contributed by atoms with van der Waals surface area (Å²) in [4.78, 5) is 17.2. The molecule has 1 atom stereocenters. The van der Waals surface area contributed by atoms with Crippen molar-refractivity contribution >= 4 is 22.7 Å². The highest BCUT2D eigenvalue weighted by molar-refractivity contribution is 5.95. The van der Waals surface area contributed by atoms with Gasteiger partial charge in [-0.05, 0) is 55.5 Å². The number of nitrogens with zero attached hydrogens (tertiary/aromatic N) is 1. The van der Waals surface area contributed by atoms with E-state index >= 15 is 0 Å². The molecule has 0 unspecified atom stereocenters. The van der Waals surface area contributed by atoms with Gasteiger partial charge in [-0.2, -0.15) is 0 Å². The maximum Gasteiger partial charge on any atom is 0.265 e. The summed E-state index contributed by atoms with van der Waals surface area (Å²) in [6, 6.07) is 20.2. The SMILES string of the molecule is COc1ccc(-c2nc3cc(NC(=O)[C@H](C)Oc4ccccc4CN)ccc3o2)cc1. The van der Waals surface area contributed by atoms with Crippen molar-refractivity contribution in [1.29, 1.82) is 0 Å². The molecular formula is C24H23N3O4. The van der Waals surface area contributed by atoms with Gasteiger partial charge in [-0.3, -0.25) is 4.79 Å². The number of nitrogens with one attached hydrogen (secondary N) is 1. The van der Waals surface area contributed by atoms with Crippen molar-refractivity contribution in [2.24, 2.45) is 5.73 Å². The van der Waals surface area contributed by atoms with E-state index in [9.17, 15) is 4.79 Å². The molecular weight excluding hydrogens is 394 g/mol. The Balaban J connectivity index is 1.48. The van der Waals surface area contributed by atoms with Crippen LogP contribution in [0.3, 0.4) is 0 Å². The van der Waals surface area contributed by atoms with E-state index < -0.39 is 6.10 Å². The fourth-order valence-electron chi connectivity index (χ4n) is 3.14. The molecule has 3 N–H and O–H groups in total. The zero-order valence-electron chi connectivity index (χ0n) is 17.3. The second-order valence-corrected chi connectivity index (χ2v) is 6.99. The number of nitrogens with two attached hydrogens (primary N) is 1. The van der Waals surface area contributed by atoms with Crippen LogP contribution in [0, 0.1) is 0 Å². The Bertz CT molecular complexity index is 1200. The number of amides is 1. The van der Waals surface area contributed by atoms with E-state index in [1.165, 1.54) is 0 Å². The molecule has 0 saturated carbocycles. The van der Waals surface area contributed by atoms with Gasteiger partial charge in [0.25, 0.3) is 5.91 Å². The summed E-state index contributed by atoms with van der Waals surface area (Å²) >= 11 is 0. The minimum Gasteiger partial charge on any atom is -0.497 e. The number of ether oxygens (including phenoxy) is 2. The summed E-state index contributed by atoms with van der Waals surface area (Å²) in [7, 11) is 1.62. The summed E-state index contributed by atoms with van der Waals surface area (Å²) in [6.45, 7) is 2.03. The molecule has 158 valence electrons. The molecule has 31 heavy (non-hydrogen) atoms. The van der Waals surface area contributed by atoms with Gasteiger partial charge in [0.05, 0.1) is 7.11 Å².